The summed E-state index contributed by atoms with van der Waals surface area (Å²) in [7, 11) is 0. The fraction of sp³-hybridized carbons (Fsp3) is 0.444. The van der Waals surface area contributed by atoms with E-state index in [0.717, 1.165) is 43.0 Å². The number of anilines is 2. The van der Waals surface area contributed by atoms with Crippen LogP contribution in [0.15, 0.2) is 29.6 Å². The SMILES string of the molecule is CC(=O)N(c1ccc(C)cc1)c1nc(CN2CCC(CO)C2)cs1. The zero-order valence-electron chi connectivity index (χ0n) is 14.1. The molecule has 128 valence electrons. The van der Waals surface area contributed by atoms with Gasteiger partial charge in [-0.25, -0.2) is 4.98 Å². The number of carbonyl (C=O) groups excluding carboxylic acids is 1. The van der Waals surface area contributed by atoms with Crippen LogP contribution >= 0.6 is 11.3 Å². The third kappa shape index (κ3) is 3.83. The van der Waals surface area contributed by atoms with E-state index in [2.05, 4.69) is 9.88 Å². The lowest BCUT2D eigenvalue weighted by Gasteiger charge is -2.18. The Morgan fingerprint density at radius 1 is 1.42 bits per heavy atom. The molecule has 1 aliphatic heterocycles. The van der Waals surface area contributed by atoms with Gasteiger partial charge in [0.2, 0.25) is 5.91 Å². The number of hydrogen-bond acceptors (Lipinski definition) is 5. The molecule has 0 bridgehead atoms. The highest BCUT2D eigenvalue weighted by Crippen LogP contribution is 2.30. The predicted molar refractivity (Wildman–Crippen MR) is 96.6 cm³/mol. The first-order valence-corrected chi connectivity index (χ1v) is 9.09. The number of nitrogens with zero attached hydrogens (tertiary/aromatic N) is 3. The van der Waals surface area contributed by atoms with Crippen molar-refractivity contribution in [3.63, 3.8) is 0 Å². The van der Waals surface area contributed by atoms with Crippen LogP contribution < -0.4 is 4.90 Å². The first kappa shape index (κ1) is 17.1. The molecule has 1 aliphatic rings. The van der Waals surface area contributed by atoms with E-state index in [-0.39, 0.29) is 12.5 Å². The Morgan fingerprint density at radius 3 is 2.79 bits per heavy atom. The van der Waals surface area contributed by atoms with E-state index in [1.165, 1.54) is 11.3 Å². The van der Waals surface area contributed by atoms with E-state index < -0.39 is 0 Å². The summed E-state index contributed by atoms with van der Waals surface area (Å²) in [6.07, 6.45) is 1.04. The molecule has 1 atom stereocenters. The average Bonchev–Trinajstić information content (AvgIpc) is 3.19. The molecule has 0 radical (unpaired) electrons. The number of aliphatic hydroxyl groups is 1. The number of aliphatic hydroxyl groups excluding tert-OH is 1. The van der Waals surface area contributed by atoms with Gasteiger partial charge in [0.05, 0.1) is 11.4 Å². The smallest absolute Gasteiger partial charge is 0.230 e. The Bertz CT molecular complexity index is 699. The van der Waals surface area contributed by atoms with E-state index in [9.17, 15) is 9.90 Å². The molecule has 1 unspecified atom stereocenters. The second-order valence-corrected chi connectivity index (χ2v) is 7.22. The maximum Gasteiger partial charge on any atom is 0.230 e. The highest BCUT2D eigenvalue weighted by molar-refractivity contribution is 7.14. The van der Waals surface area contributed by atoms with Crippen LogP contribution in [0, 0.1) is 12.8 Å². The fourth-order valence-electron chi connectivity index (χ4n) is 3.03. The zero-order valence-corrected chi connectivity index (χ0v) is 14.9. The van der Waals surface area contributed by atoms with Gasteiger partial charge in [-0.05, 0) is 37.9 Å². The monoisotopic (exact) mass is 345 g/mol. The first-order valence-electron chi connectivity index (χ1n) is 8.22. The van der Waals surface area contributed by atoms with Crippen molar-refractivity contribution in [2.45, 2.75) is 26.8 Å². The molecule has 6 heteroatoms. The lowest BCUT2D eigenvalue weighted by molar-refractivity contribution is -0.115. The lowest BCUT2D eigenvalue weighted by Crippen LogP contribution is -2.23. The van der Waals surface area contributed by atoms with Gasteiger partial charge in [-0.3, -0.25) is 14.6 Å². The van der Waals surface area contributed by atoms with Gasteiger partial charge >= 0.3 is 0 Å². The topological polar surface area (TPSA) is 56.7 Å². The molecule has 1 saturated heterocycles. The molecule has 1 fully saturated rings. The number of amides is 1. The minimum absolute atomic E-state index is 0.0405. The third-order valence-electron chi connectivity index (χ3n) is 4.35. The van der Waals surface area contributed by atoms with E-state index in [4.69, 9.17) is 0 Å². The summed E-state index contributed by atoms with van der Waals surface area (Å²) in [6, 6.07) is 7.90. The summed E-state index contributed by atoms with van der Waals surface area (Å²) in [5.41, 5.74) is 2.98. The molecule has 1 N–H and O–H groups in total. The van der Waals surface area contributed by atoms with Gasteiger partial charge in [0.25, 0.3) is 0 Å². The number of rotatable bonds is 5. The van der Waals surface area contributed by atoms with E-state index in [1.54, 1.807) is 11.8 Å². The summed E-state index contributed by atoms with van der Waals surface area (Å²) in [6.45, 7) is 6.52. The number of aromatic nitrogens is 1. The number of hydrogen-bond donors (Lipinski definition) is 1. The molecule has 0 saturated carbocycles. The van der Waals surface area contributed by atoms with Gasteiger partial charge in [-0.15, -0.1) is 11.3 Å². The van der Waals surface area contributed by atoms with Crippen LogP contribution in [0.25, 0.3) is 0 Å². The summed E-state index contributed by atoms with van der Waals surface area (Å²) in [4.78, 5) is 20.8. The Labute approximate surface area is 146 Å². The van der Waals surface area contributed by atoms with Crippen LogP contribution in [-0.4, -0.2) is 40.6 Å². The van der Waals surface area contributed by atoms with Crippen molar-refractivity contribution in [1.29, 1.82) is 0 Å². The molecular formula is C18H23N3O2S. The van der Waals surface area contributed by atoms with Crippen LogP contribution in [0.1, 0.15) is 24.6 Å². The van der Waals surface area contributed by atoms with Crippen LogP contribution in [0.4, 0.5) is 10.8 Å². The molecule has 24 heavy (non-hydrogen) atoms. The minimum atomic E-state index is -0.0405. The van der Waals surface area contributed by atoms with Crippen molar-refractivity contribution in [3.8, 4) is 0 Å². The Hall–Kier alpha value is -1.76. The van der Waals surface area contributed by atoms with Crippen molar-refractivity contribution >= 4 is 28.1 Å². The highest BCUT2D eigenvalue weighted by atomic mass is 32.1. The number of benzene rings is 1. The van der Waals surface area contributed by atoms with E-state index in [1.807, 2.05) is 36.6 Å². The molecule has 0 spiro atoms. The summed E-state index contributed by atoms with van der Waals surface area (Å²) >= 11 is 1.49. The quantitative estimate of drug-likeness (QED) is 0.905. The van der Waals surface area contributed by atoms with Gasteiger partial charge in [0.1, 0.15) is 0 Å². The summed E-state index contributed by atoms with van der Waals surface area (Å²) in [5, 5.41) is 12.0. The Kier molecular flexibility index (Phi) is 5.28. The molecule has 3 rings (SSSR count). The standard InChI is InChI=1S/C18H23N3O2S/c1-13-3-5-17(6-4-13)21(14(2)23)18-19-16(12-24-18)10-20-8-7-15(9-20)11-22/h3-6,12,15,22H,7-11H2,1-2H3. The lowest BCUT2D eigenvalue weighted by atomic mass is 10.1. The van der Waals surface area contributed by atoms with Crippen LogP contribution in [0.5, 0.6) is 0 Å². The van der Waals surface area contributed by atoms with Gasteiger partial charge in [0.15, 0.2) is 5.13 Å². The Morgan fingerprint density at radius 2 is 2.17 bits per heavy atom. The van der Waals surface area contributed by atoms with Gasteiger partial charge in [-0.1, -0.05) is 17.7 Å². The predicted octanol–water partition coefficient (Wildman–Crippen LogP) is 2.95. The highest BCUT2D eigenvalue weighted by Gasteiger charge is 2.23. The van der Waals surface area contributed by atoms with E-state index in [0.29, 0.717) is 11.0 Å². The zero-order chi connectivity index (χ0) is 17.1. The number of thiazole rings is 1. The molecular weight excluding hydrogens is 322 g/mol. The van der Waals surface area contributed by atoms with Crippen molar-refractivity contribution in [2.24, 2.45) is 5.92 Å². The maximum absolute atomic E-state index is 12.1. The van der Waals surface area contributed by atoms with Crippen molar-refractivity contribution in [3.05, 3.63) is 40.9 Å². The molecule has 2 heterocycles. The second-order valence-electron chi connectivity index (χ2n) is 6.38. The fourth-order valence-corrected chi connectivity index (χ4v) is 3.90. The van der Waals surface area contributed by atoms with Gasteiger partial charge in [-0.2, -0.15) is 0 Å². The van der Waals surface area contributed by atoms with Gasteiger partial charge < -0.3 is 5.11 Å². The van der Waals surface area contributed by atoms with Crippen LogP contribution in [-0.2, 0) is 11.3 Å². The number of likely N-dealkylation sites (tertiary alicyclic amines) is 1. The maximum atomic E-state index is 12.1. The van der Waals surface area contributed by atoms with Crippen molar-refractivity contribution < 1.29 is 9.90 Å². The molecule has 1 aromatic heterocycles. The molecule has 2 aromatic rings. The number of aryl methyl sites for hydroxylation is 1. The molecule has 1 aromatic carbocycles. The molecule has 5 nitrogen and oxygen atoms in total. The summed E-state index contributed by atoms with van der Waals surface area (Å²) < 4.78 is 0. The summed E-state index contributed by atoms with van der Waals surface area (Å²) in [5.74, 6) is 0.339. The van der Waals surface area contributed by atoms with Crippen LogP contribution in [0.3, 0.4) is 0 Å². The largest absolute Gasteiger partial charge is 0.396 e. The minimum Gasteiger partial charge on any atom is -0.396 e. The third-order valence-corrected chi connectivity index (χ3v) is 5.23. The second kappa shape index (κ2) is 7.42. The van der Waals surface area contributed by atoms with Crippen LogP contribution in [0.2, 0.25) is 0 Å². The van der Waals surface area contributed by atoms with E-state index >= 15 is 0 Å². The molecule has 1 amide bonds. The first-order chi connectivity index (χ1) is 11.6. The normalized spacial score (nSPS) is 18.0. The van der Waals surface area contributed by atoms with Gasteiger partial charge in [0, 0.05) is 32.0 Å². The Balaban J connectivity index is 1.75. The average molecular weight is 345 g/mol. The number of carbonyl (C=O) groups is 1. The molecule has 0 aliphatic carbocycles. The van der Waals surface area contributed by atoms with Crippen molar-refractivity contribution in [2.75, 3.05) is 24.6 Å². The van der Waals surface area contributed by atoms with Crippen molar-refractivity contribution in [1.82, 2.24) is 9.88 Å².